The van der Waals surface area contributed by atoms with Gasteiger partial charge < -0.3 is 10.5 Å². The summed E-state index contributed by atoms with van der Waals surface area (Å²) in [5, 5.41) is 9.17. The van der Waals surface area contributed by atoms with Gasteiger partial charge in [0, 0.05) is 16.1 Å². The van der Waals surface area contributed by atoms with Crippen molar-refractivity contribution in [3.63, 3.8) is 0 Å². The van der Waals surface area contributed by atoms with Crippen LogP contribution < -0.4 is 5.73 Å². The van der Waals surface area contributed by atoms with E-state index in [0.717, 1.165) is 22.4 Å². The number of fused-ring (bicyclic) bond motifs is 3. The average Bonchev–Trinajstić information content (AvgIpc) is 3.04. The average molecular weight is 466 g/mol. The number of halogens is 1. The molecule has 0 aliphatic carbocycles. The Morgan fingerprint density at radius 1 is 1.22 bits per heavy atom. The Kier molecular flexibility index (Phi) is 5.85. The first-order valence-corrected chi connectivity index (χ1v) is 13.6. The molecule has 2 heterocycles. The third kappa shape index (κ3) is 4.57. The third-order valence-corrected chi connectivity index (χ3v) is 6.38. The molecule has 0 radical (unpaired) electrons. The van der Waals surface area contributed by atoms with Gasteiger partial charge >= 0.3 is 0 Å². The van der Waals surface area contributed by atoms with Gasteiger partial charge in [-0.15, -0.1) is 10.2 Å². The maximum absolute atomic E-state index is 11.8. The monoisotopic (exact) mass is 465 g/mol. The zero-order valence-corrected chi connectivity index (χ0v) is 19.8. The summed E-state index contributed by atoms with van der Waals surface area (Å²) in [6.45, 7) is 5.58. The molecule has 0 unspecified atom stereocenters. The van der Waals surface area contributed by atoms with Crippen molar-refractivity contribution in [3.05, 3.63) is 81.5 Å². The lowest BCUT2D eigenvalue weighted by Crippen LogP contribution is -2.21. The molecule has 4 rings (SSSR count). The standard InChI is InChI=1S/C23H24ClN5O2Si/c1-14-27-28-23-19(13-21(25)30)26-22(16-5-7-17(24)8-6-16)18-12-15(10-11-32(2,3)31)4-9-20(18)29(14)23/h4-12,19,31H,13H2,1-3H3,(H2,25,30)/b11-10+/t19-/m0/s1. The fourth-order valence-corrected chi connectivity index (χ4v) is 4.41. The number of aromatic nitrogens is 3. The number of aliphatic imine (C=N–C) groups is 1. The van der Waals surface area contributed by atoms with Crippen molar-refractivity contribution in [2.45, 2.75) is 32.5 Å². The van der Waals surface area contributed by atoms with E-state index in [1.807, 2.05) is 78.8 Å². The van der Waals surface area contributed by atoms with Crippen LogP contribution in [0, 0.1) is 6.92 Å². The molecule has 0 fully saturated rings. The number of hydrogen-bond acceptors (Lipinski definition) is 5. The quantitative estimate of drug-likeness (QED) is 0.559. The van der Waals surface area contributed by atoms with Crippen LogP contribution in [-0.2, 0) is 4.79 Å². The van der Waals surface area contributed by atoms with Crippen LogP contribution in [0.5, 0.6) is 0 Å². The Labute approximate surface area is 192 Å². The SMILES string of the molecule is Cc1nnc2n1-c1ccc(/C=C/[Si](C)(C)O)cc1C(c1ccc(Cl)cc1)=N[C@H]2CC(N)=O. The van der Waals surface area contributed by atoms with E-state index in [1.165, 1.54) is 0 Å². The number of rotatable bonds is 5. The van der Waals surface area contributed by atoms with Gasteiger partial charge in [-0.2, -0.15) is 0 Å². The number of amides is 1. The van der Waals surface area contributed by atoms with Gasteiger partial charge in [0.1, 0.15) is 11.9 Å². The van der Waals surface area contributed by atoms with Gasteiger partial charge in [0.15, 0.2) is 5.82 Å². The van der Waals surface area contributed by atoms with Crippen molar-refractivity contribution in [3.8, 4) is 5.69 Å². The smallest absolute Gasteiger partial charge is 0.220 e. The van der Waals surface area contributed by atoms with Gasteiger partial charge in [-0.05, 0) is 49.8 Å². The molecule has 164 valence electrons. The number of carbonyl (C=O) groups excluding carboxylic acids is 1. The van der Waals surface area contributed by atoms with E-state index in [2.05, 4.69) is 10.2 Å². The van der Waals surface area contributed by atoms with Crippen LogP contribution in [0.25, 0.3) is 11.8 Å². The largest absolute Gasteiger partial charge is 0.428 e. The summed E-state index contributed by atoms with van der Waals surface area (Å²) in [5.41, 5.74) is 11.6. The fraction of sp³-hybridized carbons (Fsp3) is 0.217. The second kappa shape index (κ2) is 8.46. The van der Waals surface area contributed by atoms with E-state index in [1.54, 1.807) is 0 Å². The molecule has 0 bridgehead atoms. The molecular formula is C23H24ClN5O2Si. The first-order chi connectivity index (χ1) is 15.1. The minimum Gasteiger partial charge on any atom is -0.428 e. The summed E-state index contributed by atoms with van der Waals surface area (Å²) >= 11 is 6.11. The number of aryl methyl sites for hydroxylation is 1. The molecule has 1 aliphatic rings. The Morgan fingerprint density at radius 3 is 2.59 bits per heavy atom. The topological polar surface area (TPSA) is 106 Å². The maximum atomic E-state index is 11.8. The van der Waals surface area contributed by atoms with E-state index in [0.29, 0.717) is 22.4 Å². The van der Waals surface area contributed by atoms with Crippen molar-refractivity contribution < 1.29 is 9.59 Å². The molecule has 3 N–H and O–H groups in total. The molecule has 1 amide bonds. The highest BCUT2D eigenvalue weighted by atomic mass is 35.5. The highest BCUT2D eigenvalue weighted by molar-refractivity contribution is 6.75. The van der Waals surface area contributed by atoms with E-state index in [4.69, 9.17) is 22.3 Å². The lowest BCUT2D eigenvalue weighted by Gasteiger charge is -2.14. The Hall–Kier alpha value is -3.07. The van der Waals surface area contributed by atoms with E-state index in [9.17, 15) is 9.59 Å². The second-order valence-electron chi connectivity index (χ2n) is 8.38. The number of carbonyl (C=O) groups is 1. The van der Waals surface area contributed by atoms with E-state index in [-0.39, 0.29) is 6.42 Å². The van der Waals surface area contributed by atoms with Crippen molar-refractivity contribution in [1.82, 2.24) is 14.8 Å². The number of nitrogens with zero attached hydrogens (tertiary/aromatic N) is 4. The molecule has 0 spiro atoms. The molecule has 7 nitrogen and oxygen atoms in total. The summed E-state index contributed by atoms with van der Waals surface area (Å²) < 4.78 is 1.92. The van der Waals surface area contributed by atoms with Crippen molar-refractivity contribution >= 4 is 37.6 Å². The minimum atomic E-state index is -2.36. The summed E-state index contributed by atoms with van der Waals surface area (Å²) in [6.07, 6.45) is 1.94. The number of primary amides is 1. The van der Waals surface area contributed by atoms with Gasteiger partial charge in [-0.3, -0.25) is 14.4 Å². The summed E-state index contributed by atoms with van der Waals surface area (Å²) in [6, 6.07) is 12.8. The summed E-state index contributed by atoms with van der Waals surface area (Å²) in [7, 11) is -2.36. The van der Waals surface area contributed by atoms with E-state index >= 15 is 0 Å². The third-order valence-electron chi connectivity index (χ3n) is 5.15. The van der Waals surface area contributed by atoms with Gasteiger partial charge in [0.25, 0.3) is 0 Å². The Morgan fingerprint density at radius 2 is 1.94 bits per heavy atom. The van der Waals surface area contributed by atoms with Crippen LogP contribution in [0.2, 0.25) is 18.1 Å². The molecule has 0 saturated carbocycles. The van der Waals surface area contributed by atoms with Gasteiger partial charge in [0.05, 0.1) is 17.8 Å². The van der Waals surface area contributed by atoms with Crippen molar-refractivity contribution in [2.24, 2.45) is 10.7 Å². The van der Waals surface area contributed by atoms with Crippen LogP contribution >= 0.6 is 11.6 Å². The van der Waals surface area contributed by atoms with Crippen LogP contribution in [0.1, 0.15) is 40.8 Å². The number of hydrogen-bond donors (Lipinski definition) is 2. The maximum Gasteiger partial charge on any atom is 0.220 e. The van der Waals surface area contributed by atoms with Crippen LogP contribution in [0.3, 0.4) is 0 Å². The Bertz CT molecular complexity index is 1240. The second-order valence-corrected chi connectivity index (χ2v) is 12.5. The van der Waals surface area contributed by atoms with E-state index < -0.39 is 20.3 Å². The zero-order valence-electron chi connectivity index (χ0n) is 18.1. The number of nitrogens with two attached hydrogens (primary N) is 1. The molecule has 1 aromatic heterocycles. The first-order valence-electron chi connectivity index (χ1n) is 10.2. The highest BCUT2D eigenvalue weighted by Gasteiger charge is 2.29. The molecule has 2 aromatic carbocycles. The molecular weight excluding hydrogens is 442 g/mol. The molecule has 1 aliphatic heterocycles. The highest BCUT2D eigenvalue weighted by Crippen LogP contribution is 2.33. The predicted octanol–water partition coefficient (Wildman–Crippen LogP) is 3.75. The fourth-order valence-electron chi connectivity index (χ4n) is 3.68. The molecule has 0 saturated heterocycles. The molecule has 9 heteroatoms. The molecule has 3 aromatic rings. The first kappa shape index (κ1) is 22.1. The zero-order chi connectivity index (χ0) is 23.0. The summed E-state index contributed by atoms with van der Waals surface area (Å²) in [5.74, 6) is 0.792. The van der Waals surface area contributed by atoms with Crippen molar-refractivity contribution in [1.29, 1.82) is 0 Å². The van der Waals surface area contributed by atoms with Crippen LogP contribution in [0.4, 0.5) is 0 Å². The predicted molar refractivity (Wildman–Crippen MR) is 128 cm³/mol. The van der Waals surface area contributed by atoms with Gasteiger partial charge in [-0.25, -0.2) is 0 Å². The normalized spacial score (nSPS) is 15.8. The van der Waals surface area contributed by atoms with Crippen molar-refractivity contribution in [2.75, 3.05) is 0 Å². The summed E-state index contributed by atoms with van der Waals surface area (Å²) in [4.78, 5) is 27.0. The molecule has 32 heavy (non-hydrogen) atoms. The van der Waals surface area contributed by atoms with Crippen LogP contribution in [0.15, 0.2) is 53.2 Å². The van der Waals surface area contributed by atoms with Gasteiger partial charge in [0.2, 0.25) is 14.2 Å². The minimum absolute atomic E-state index is 0.0142. The van der Waals surface area contributed by atoms with Gasteiger partial charge in [-0.1, -0.05) is 41.6 Å². The number of benzene rings is 2. The van der Waals surface area contributed by atoms with Crippen LogP contribution in [-0.4, -0.2) is 39.5 Å². The lowest BCUT2D eigenvalue weighted by molar-refractivity contribution is -0.118. The molecule has 1 atom stereocenters. The Balaban J connectivity index is 1.98. The lowest BCUT2D eigenvalue weighted by atomic mass is 9.98.